The van der Waals surface area contributed by atoms with Crippen LogP contribution in [0.15, 0.2) is 60.2 Å². The molecule has 33 heavy (non-hydrogen) atoms. The number of nitrogens with one attached hydrogen (secondary N) is 1. The molecule has 1 aromatic heterocycles. The van der Waals surface area contributed by atoms with Gasteiger partial charge in [-0.05, 0) is 98.0 Å². The highest BCUT2D eigenvalue weighted by Crippen LogP contribution is 2.36. The van der Waals surface area contributed by atoms with Crippen molar-refractivity contribution in [2.45, 2.75) is 50.6 Å². The van der Waals surface area contributed by atoms with Gasteiger partial charge in [-0.25, -0.2) is 8.78 Å². The molecule has 2 aromatic carbocycles. The van der Waals surface area contributed by atoms with Crippen molar-refractivity contribution in [2.24, 2.45) is 0 Å². The Labute approximate surface area is 192 Å². The van der Waals surface area contributed by atoms with Crippen molar-refractivity contribution in [1.29, 1.82) is 0 Å². The molecule has 1 atom stereocenters. The van der Waals surface area contributed by atoms with Crippen molar-refractivity contribution >= 4 is 5.69 Å². The first kappa shape index (κ1) is 21.7. The number of allylic oxidation sites excluding steroid dienone is 1. The number of hydrogen-bond donors (Lipinski definition) is 1. The average Bonchev–Trinajstić information content (AvgIpc) is 3.33. The quantitative estimate of drug-likeness (QED) is 0.579. The molecule has 6 nitrogen and oxygen atoms in total. The van der Waals surface area contributed by atoms with Gasteiger partial charge in [0, 0.05) is 24.8 Å². The summed E-state index contributed by atoms with van der Waals surface area (Å²) in [5, 5.41) is 16.6. The molecule has 1 unspecified atom stereocenters. The van der Waals surface area contributed by atoms with E-state index in [0.717, 1.165) is 62.4 Å². The van der Waals surface area contributed by atoms with Crippen LogP contribution < -0.4 is 10.2 Å². The fourth-order valence-electron chi connectivity index (χ4n) is 4.96. The Morgan fingerprint density at radius 3 is 2.18 bits per heavy atom. The van der Waals surface area contributed by atoms with Gasteiger partial charge in [0.05, 0.1) is 11.2 Å². The van der Waals surface area contributed by atoms with Gasteiger partial charge >= 0.3 is 0 Å². The highest BCUT2D eigenvalue weighted by Gasteiger charge is 2.42. The zero-order chi connectivity index (χ0) is 22.8. The normalized spacial score (nSPS) is 20.5. The number of nitrogens with zero attached hydrogens (tertiary/aromatic N) is 5. The lowest BCUT2D eigenvalue weighted by molar-refractivity contribution is 0.208. The Balaban J connectivity index is 1.45. The summed E-state index contributed by atoms with van der Waals surface area (Å²) in [6, 6.07) is 13.2. The number of anilines is 1. The molecule has 1 aliphatic heterocycles. The summed E-state index contributed by atoms with van der Waals surface area (Å²) in [4.78, 5) is 2.27. The maximum absolute atomic E-state index is 13.5. The molecule has 172 valence electrons. The van der Waals surface area contributed by atoms with E-state index in [4.69, 9.17) is 0 Å². The Morgan fingerprint density at radius 1 is 0.939 bits per heavy atom. The summed E-state index contributed by atoms with van der Waals surface area (Å²) < 4.78 is 28.6. The molecule has 2 aliphatic rings. The lowest BCUT2D eigenvalue weighted by Gasteiger charge is -2.44. The SMILES string of the molecule is CC1=CCC(NC2(c3nnnn3-c3ccc(F)cc3)CCN(c3ccc(F)cc3)CC2)CC1. The zero-order valence-corrected chi connectivity index (χ0v) is 18.7. The Bertz CT molecular complexity index is 1110. The van der Waals surface area contributed by atoms with Crippen molar-refractivity contribution in [3.05, 3.63) is 77.6 Å². The van der Waals surface area contributed by atoms with Crippen LogP contribution in [0.1, 0.15) is 44.9 Å². The van der Waals surface area contributed by atoms with Crippen molar-refractivity contribution in [1.82, 2.24) is 25.5 Å². The van der Waals surface area contributed by atoms with Crippen molar-refractivity contribution < 1.29 is 8.78 Å². The van der Waals surface area contributed by atoms with Crippen molar-refractivity contribution in [3.8, 4) is 5.69 Å². The second-order valence-electron chi connectivity index (χ2n) is 9.10. The number of piperidine rings is 1. The van der Waals surface area contributed by atoms with Gasteiger partial charge in [0.1, 0.15) is 11.6 Å². The molecule has 0 saturated carbocycles. The van der Waals surface area contributed by atoms with Gasteiger partial charge < -0.3 is 10.2 Å². The first-order valence-corrected chi connectivity index (χ1v) is 11.5. The smallest absolute Gasteiger partial charge is 0.176 e. The molecule has 2 heterocycles. The first-order valence-electron chi connectivity index (χ1n) is 11.5. The van der Waals surface area contributed by atoms with Crippen LogP contribution >= 0.6 is 0 Å². The molecule has 8 heteroatoms. The Hall–Kier alpha value is -3.13. The van der Waals surface area contributed by atoms with E-state index in [-0.39, 0.29) is 11.6 Å². The number of aromatic nitrogens is 4. The van der Waals surface area contributed by atoms with E-state index in [9.17, 15) is 8.78 Å². The number of rotatable bonds is 5. The maximum atomic E-state index is 13.5. The van der Waals surface area contributed by atoms with Crippen LogP contribution in [0.25, 0.3) is 5.69 Å². The van der Waals surface area contributed by atoms with Gasteiger partial charge in [-0.2, -0.15) is 4.68 Å². The largest absolute Gasteiger partial charge is 0.371 e. The molecule has 1 saturated heterocycles. The number of tetrazole rings is 1. The minimum atomic E-state index is -0.418. The van der Waals surface area contributed by atoms with E-state index in [1.165, 1.54) is 29.8 Å². The second kappa shape index (κ2) is 9.02. The van der Waals surface area contributed by atoms with Gasteiger partial charge in [-0.1, -0.05) is 11.6 Å². The van der Waals surface area contributed by atoms with Crippen LogP contribution in [-0.4, -0.2) is 39.3 Å². The number of halogens is 2. The summed E-state index contributed by atoms with van der Waals surface area (Å²) in [7, 11) is 0. The summed E-state index contributed by atoms with van der Waals surface area (Å²) in [5.41, 5.74) is 2.76. The number of hydrogen-bond acceptors (Lipinski definition) is 5. The third-order valence-electron chi connectivity index (χ3n) is 6.90. The minimum absolute atomic E-state index is 0.231. The molecule has 0 spiro atoms. The molecule has 3 aromatic rings. The van der Waals surface area contributed by atoms with Gasteiger partial charge in [0.2, 0.25) is 0 Å². The third-order valence-corrected chi connectivity index (χ3v) is 6.90. The van der Waals surface area contributed by atoms with Gasteiger partial charge in [0.25, 0.3) is 0 Å². The van der Waals surface area contributed by atoms with Crippen LogP contribution in [-0.2, 0) is 5.54 Å². The molecular weight excluding hydrogens is 422 g/mol. The fourth-order valence-corrected chi connectivity index (χ4v) is 4.96. The Kier molecular flexibility index (Phi) is 5.93. The highest BCUT2D eigenvalue weighted by molar-refractivity contribution is 5.47. The van der Waals surface area contributed by atoms with E-state index >= 15 is 0 Å². The molecule has 0 bridgehead atoms. The van der Waals surface area contributed by atoms with Gasteiger partial charge in [0.15, 0.2) is 5.82 Å². The monoisotopic (exact) mass is 450 g/mol. The molecule has 5 rings (SSSR count). The molecule has 0 amide bonds. The maximum Gasteiger partial charge on any atom is 0.176 e. The fraction of sp³-hybridized carbons (Fsp3) is 0.400. The standard InChI is InChI=1S/C25H28F2N6/c1-18-2-8-21(9-3-18)28-25(14-16-32(17-15-25)22-10-4-19(26)5-11-22)24-29-30-31-33(24)23-12-6-20(27)7-13-23/h2,4-7,10-13,21,28H,3,8-9,14-17H2,1H3. The summed E-state index contributed by atoms with van der Waals surface area (Å²) in [5.74, 6) is 0.225. The van der Waals surface area contributed by atoms with Gasteiger partial charge in [-0.15, -0.1) is 5.10 Å². The van der Waals surface area contributed by atoms with Crippen LogP contribution in [0.4, 0.5) is 14.5 Å². The summed E-state index contributed by atoms with van der Waals surface area (Å²) in [6.07, 6.45) is 7.04. The lowest BCUT2D eigenvalue weighted by Crippen LogP contribution is -2.56. The first-order chi connectivity index (χ1) is 16.0. The lowest BCUT2D eigenvalue weighted by atomic mass is 9.83. The van der Waals surface area contributed by atoms with Crippen LogP contribution in [0.2, 0.25) is 0 Å². The zero-order valence-electron chi connectivity index (χ0n) is 18.7. The van der Waals surface area contributed by atoms with E-state index in [1.54, 1.807) is 16.8 Å². The summed E-state index contributed by atoms with van der Waals surface area (Å²) in [6.45, 7) is 3.76. The predicted molar refractivity (Wildman–Crippen MR) is 123 cm³/mol. The van der Waals surface area contributed by atoms with Crippen LogP contribution in [0.3, 0.4) is 0 Å². The minimum Gasteiger partial charge on any atom is -0.371 e. The van der Waals surface area contributed by atoms with Crippen molar-refractivity contribution in [2.75, 3.05) is 18.0 Å². The molecule has 1 N–H and O–H groups in total. The molecule has 0 radical (unpaired) electrons. The molecular formula is C25H28F2N6. The summed E-state index contributed by atoms with van der Waals surface area (Å²) >= 11 is 0. The topological polar surface area (TPSA) is 58.9 Å². The second-order valence-corrected chi connectivity index (χ2v) is 9.10. The van der Waals surface area contributed by atoms with E-state index < -0.39 is 5.54 Å². The molecule has 1 aliphatic carbocycles. The van der Waals surface area contributed by atoms with Crippen LogP contribution in [0.5, 0.6) is 0 Å². The van der Waals surface area contributed by atoms with E-state index in [2.05, 4.69) is 38.7 Å². The van der Waals surface area contributed by atoms with Crippen LogP contribution in [0, 0.1) is 11.6 Å². The predicted octanol–water partition coefficient (Wildman–Crippen LogP) is 4.52. The van der Waals surface area contributed by atoms with Gasteiger partial charge in [-0.3, -0.25) is 0 Å². The van der Waals surface area contributed by atoms with Crippen molar-refractivity contribution in [3.63, 3.8) is 0 Å². The molecule has 1 fully saturated rings. The number of benzene rings is 2. The average molecular weight is 451 g/mol. The highest BCUT2D eigenvalue weighted by atomic mass is 19.1. The van der Waals surface area contributed by atoms with E-state index in [0.29, 0.717) is 6.04 Å². The Morgan fingerprint density at radius 2 is 1.58 bits per heavy atom. The third kappa shape index (κ3) is 4.53. The van der Waals surface area contributed by atoms with E-state index in [1.807, 2.05) is 12.1 Å².